The zero-order valence-corrected chi connectivity index (χ0v) is 14.3. The lowest BCUT2D eigenvalue weighted by molar-refractivity contribution is 0.0434. The molecule has 5 heteroatoms. The van der Waals surface area contributed by atoms with E-state index in [-0.39, 0.29) is 13.2 Å². The van der Waals surface area contributed by atoms with Gasteiger partial charge >= 0.3 is 5.97 Å². The van der Waals surface area contributed by atoms with Crippen molar-refractivity contribution in [2.45, 2.75) is 13.8 Å². The van der Waals surface area contributed by atoms with Gasteiger partial charge in [-0.2, -0.15) is 5.10 Å². The molecule has 0 aliphatic heterocycles. The SMILES string of the molecule is Cc1ccc(-c2nn(-c3ccccc3)cc2C(=O)OCCO)c(C)c1. The van der Waals surface area contributed by atoms with Gasteiger partial charge < -0.3 is 9.84 Å². The van der Waals surface area contributed by atoms with Gasteiger partial charge in [0.1, 0.15) is 17.9 Å². The monoisotopic (exact) mass is 336 g/mol. The minimum absolute atomic E-state index is 0.0400. The smallest absolute Gasteiger partial charge is 0.342 e. The van der Waals surface area contributed by atoms with E-state index in [9.17, 15) is 4.79 Å². The molecule has 0 saturated carbocycles. The van der Waals surface area contributed by atoms with E-state index >= 15 is 0 Å². The van der Waals surface area contributed by atoms with Crippen molar-refractivity contribution in [2.24, 2.45) is 0 Å². The van der Waals surface area contributed by atoms with Gasteiger partial charge in [-0.05, 0) is 31.5 Å². The van der Waals surface area contributed by atoms with Crippen molar-refractivity contribution in [3.8, 4) is 16.9 Å². The molecule has 25 heavy (non-hydrogen) atoms. The van der Waals surface area contributed by atoms with Crippen molar-refractivity contribution in [3.05, 3.63) is 71.4 Å². The Morgan fingerprint density at radius 2 is 1.92 bits per heavy atom. The van der Waals surface area contributed by atoms with Gasteiger partial charge in [0, 0.05) is 11.8 Å². The average Bonchev–Trinajstić information content (AvgIpc) is 3.05. The third-order valence-electron chi connectivity index (χ3n) is 3.92. The minimum Gasteiger partial charge on any atom is -0.460 e. The van der Waals surface area contributed by atoms with Crippen LogP contribution in [0.15, 0.2) is 54.7 Å². The molecule has 128 valence electrons. The number of hydrogen-bond acceptors (Lipinski definition) is 4. The van der Waals surface area contributed by atoms with Crippen LogP contribution in [0.4, 0.5) is 0 Å². The van der Waals surface area contributed by atoms with Gasteiger partial charge in [-0.3, -0.25) is 0 Å². The van der Waals surface area contributed by atoms with Gasteiger partial charge in [-0.1, -0.05) is 42.0 Å². The third kappa shape index (κ3) is 3.61. The summed E-state index contributed by atoms with van der Waals surface area (Å²) in [6, 6.07) is 15.6. The number of aryl methyl sites for hydroxylation is 2. The summed E-state index contributed by atoms with van der Waals surface area (Å²) in [6.45, 7) is 3.77. The number of aromatic nitrogens is 2. The summed E-state index contributed by atoms with van der Waals surface area (Å²) < 4.78 is 6.78. The highest BCUT2D eigenvalue weighted by atomic mass is 16.5. The molecular formula is C20H20N2O3. The fourth-order valence-corrected chi connectivity index (χ4v) is 2.73. The molecule has 0 saturated heterocycles. The molecule has 1 heterocycles. The quantitative estimate of drug-likeness (QED) is 0.726. The molecule has 0 amide bonds. The second-order valence-corrected chi connectivity index (χ2v) is 5.85. The largest absolute Gasteiger partial charge is 0.460 e. The molecule has 0 aliphatic rings. The number of benzene rings is 2. The van der Waals surface area contributed by atoms with Crippen LogP contribution in [0.2, 0.25) is 0 Å². The van der Waals surface area contributed by atoms with E-state index in [1.807, 2.05) is 56.3 Å². The van der Waals surface area contributed by atoms with Crippen LogP contribution in [0.5, 0.6) is 0 Å². The summed E-state index contributed by atoms with van der Waals surface area (Å²) >= 11 is 0. The Labute approximate surface area is 146 Å². The summed E-state index contributed by atoms with van der Waals surface area (Å²) in [4.78, 5) is 12.4. The van der Waals surface area contributed by atoms with Crippen LogP contribution >= 0.6 is 0 Å². The normalized spacial score (nSPS) is 10.7. The number of rotatable bonds is 5. The molecule has 3 aromatic rings. The first-order valence-corrected chi connectivity index (χ1v) is 8.11. The number of para-hydroxylation sites is 1. The van der Waals surface area contributed by atoms with E-state index in [1.54, 1.807) is 10.9 Å². The molecule has 0 spiro atoms. The molecule has 3 rings (SSSR count). The molecular weight excluding hydrogens is 316 g/mol. The van der Waals surface area contributed by atoms with E-state index in [4.69, 9.17) is 9.84 Å². The Hall–Kier alpha value is -2.92. The van der Waals surface area contributed by atoms with E-state index in [2.05, 4.69) is 11.2 Å². The van der Waals surface area contributed by atoms with Crippen molar-refractivity contribution in [3.63, 3.8) is 0 Å². The second-order valence-electron chi connectivity index (χ2n) is 5.85. The fraction of sp³-hybridized carbons (Fsp3) is 0.200. The van der Waals surface area contributed by atoms with Crippen molar-refractivity contribution in [1.82, 2.24) is 9.78 Å². The zero-order valence-electron chi connectivity index (χ0n) is 14.3. The van der Waals surface area contributed by atoms with Crippen molar-refractivity contribution in [2.75, 3.05) is 13.2 Å². The van der Waals surface area contributed by atoms with Gasteiger partial charge in [0.2, 0.25) is 0 Å². The maximum Gasteiger partial charge on any atom is 0.342 e. The van der Waals surface area contributed by atoms with Gasteiger partial charge in [0.15, 0.2) is 0 Å². The van der Waals surface area contributed by atoms with Crippen LogP contribution < -0.4 is 0 Å². The lowest BCUT2D eigenvalue weighted by Crippen LogP contribution is -2.09. The number of nitrogens with zero attached hydrogens (tertiary/aromatic N) is 2. The van der Waals surface area contributed by atoms with Gasteiger partial charge in [-0.15, -0.1) is 0 Å². The molecule has 5 nitrogen and oxygen atoms in total. The molecule has 0 atom stereocenters. The van der Waals surface area contributed by atoms with E-state index < -0.39 is 5.97 Å². The summed E-state index contributed by atoms with van der Waals surface area (Å²) in [5, 5.41) is 13.5. The highest BCUT2D eigenvalue weighted by Crippen LogP contribution is 2.28. The van der Waals surface area contributed by atoms with Crippen molar-refractivity contribution in [1.29, 1.82) is 0 Å². The van der Waals surface area contributed by atoms with Gasteiger partial charge in [0.25, 0.3) is 0 Å². The van der Waals surface area contributed by atoms with Crippen molar-refractivity contribution < 1.29 is 14.6 Å². The number of ether oxygens (including phenoxy) is 1. The molecule has 0 fully saturated rings. The third-order valence-corrected chi connectivity index (χ3v) is 3.92. The predicted octanol–water partition coefficient (Wildman–Crippen LogP) is 3.31. The summed E-state index contributed by atoms with van der Waals surface area (Å²) in [5.74, 6) is -0.494. The van der Waals surface area contributed by atoms with Crippen LogP contribution in [0.25, 0.3) is 16.9 Å². The predicted molar refractivity (Wildman–Crippen MR) is 95.8 cm³/mol. The second kappa shape index (κ2) is 7.32. The number of aliphatic hydroxyl groups excluding tert-OH is 1. The number of hydrogen-bond donors (Lipinski definition) is 1. The first kappa shape index (κ1) is 16.9. The standard InChI is InChI=1S/C20H20N2O3/c1-14-8-9-17(15(2)12-14)19-18(20(24)25-11-10-23)13-22(21-19)16-6-4-3-5-7-16/h3-9,12-13,23H,10-11H2,1-2H3. The molecule has 0 aliphatic carbocycles. The molecule has 0 bridgehead atoms. The fourth-order valence-electron chi connectivity index (χ4n) is 2.73. The summed E-state index contributed by atoms with van der Waals surface area (Å²) in [7, 11) is 0. The molecule has 0 unspecified atom stereocenters. The van der Waals surface area contributed by atoms with Crippen molar-refractivity contribution >= 4 is 5.97 Å². The number of aliphatic hydroxyl groups is 1. The molecule has 1 N–H and O–H groups in total. The van der Waals surface area contributed by atoms with Crippen LogP contribution in [0.3, 0.4) is 0 Å². The van der Waals surface area contributed by atoms with Gasteiger partial charge in [-0.25, -0.2) is 9.48 Å². The number of carbonyl (C=O) groups is 1. The maximum atomic E-state index is 12.4. The Kier molecular flexibility index (Phi) is 4.95. The lowest BCUT2D eigenvalue weighted by Gasteiger charge is -2.07. The van der Waals surface area contributed by atoms with Crippen LogP contribution in [0, 0.1) is 13.8 Å². The number of carbonyl (C=O) groups excluding carboxylic acids is 1. The molecule has 1 aromatic heterocycles. The topological polar surface area (TPSA) is 64.4 Å². The highest BCUT2D eigenvalue weighted by molar-refractivity contribution is 5.96. The lowest BCUT2D eigenvalue weighted by atomic mass is 10.0. The first-order valence-electron chi connectivity index (χ1n) is 8.11. The Morgan fingerprint density at radius 1 is 1.16 bits per heavy atom. The van der Waals surface area contributed by atoms with Gasteiger partial charge in [0.05, 0.1) is 12.3 Å². The summed E-state index contributed by atoms with van der Waals surface area (Å²) in [5.41, 5.74) is 4.88. The zero-order chi connectivity index (χ0) is 17.8. The number of esters is 1. The first-order chi connectivity index (χ1) is 12.1. The molecule has 2 aromatic carbocycles. The minimum atomic E-state index is -0.494. The maximum absolute atomic E-state index is 12.4. The summed E-state index contributed by atoms with van der Waals surface area (Å²) in [6.07, 6.45) is 1.67. The highest BCUT2D eigenvalue weighted by Gasteiger charge is 2.21. The molecule has 0 radical (unpaired) electrons. The van der Waals surface area contributed by atoms with Crippen LogP contribution in [-0.4, -0.2) is 34.1 Å². The average molecular weight is 336 g/mol. The van der Waals surface area contributed by atoms with E-state index in [0.29, 0.717) is 11.3 Å². The van der Waals surface area contributed by atoms with Crippen LogP contribution in [-0.2, 0) is 4.74 Å². The van der Waals surface area contributed by atoms with E-state index in [1.165, 1.54) is 0 Å². The Morgan fingerprint density at radius 3 is 2.60 bits per heavy atom. The Balaban J connectivity index is 2.11. The Bertz CT molecular complexity index is 885. The van der Waals surface area contributed by atoms with E-state index in [0.717, 1.165) is 22.4 Å². The van der Waals surface area contributed by atoms with Crippen LogP contribution in [0.1, 0.15) is 21.5 Å².